The number of amides is 1. The SMILES string of the molecule is Cc1cc(/C=C(\C#N)C(=O)NC2CC2)c(C)n1-c1cc(Cl)cc(Cl)c1. The summed E-state index contributed by atoms with van der Waals surface area (Å²) >= 11 is 12.2. The van der Waals surface area contributed by atoms with Crippen molar-refractivity contribution >= 4 is 35.2 Å². The van der Waals surface area contributed by atoms with Gasteiger partial charge in [-0.1, -0.05) is 23.2 Å². The number of rotatable bonds is 4. The molecule has 0 spiro atoms. The zero-order chi connectivity index (χ0) is 18.1. The summed E-state index contributed by atoms with van der Waals surface area (Å²) in [5, 5.41) is 13.3. The van der Waals surface area contributed by atoms with Gasteiger partial charge in [0.15, 0.2) is 0 Å². The van der Waals surface area contributed by atoms with E-state index >= 15 is 0 Å². The Morgan fingerprint density at radius 1 is 1.24 bits per heavy atom. The number of hydrogen-bond acceptors (Lipinski definition) is 2. The molecule has 1 aromatic heterocycles. The second-order valence-electron chi connectivity index (χ2n) is 6.21. The van der Waals surface area contributed by atoms with E-state index in [9.17, 15) is 10.1 Å². The standard InChI is InChI=1S/C19H17Cl2N3O/c1-11-5-13(6-14(10-22)19(25)23-17-3-4-17)12(2)24(11)18-8-15(20)7-16(21)9-18/h5-9,17H,3-4H2,1-2H3,(H,23,25)/b14-6+. The van der Waals surface area contributed by atoms with Crippen LogP contribution in [-0.4, -0.2) is 16.5 Å². The van der Waals surface area contributed by atoms with Crippen molar-refractivity contribution in [1.82, 2.24) is 9.88 Å². The quantitative estimate of drug-likeness (QED) is 0.629. The van der Waals surface area contributed by atoms with Crippen molar-refractivity contribution in [2.75, 3.05) is 0 Å². The van der Waals surface area contributed by atoms with E-state index < -0.39 is 0 Å². The molecule has 1 saturated carbocycles. The van der Waals surface area contributed by atoms with Crippen LogP contribution < -0.4 is 5.32 Å². The molecule has 128 valence electrons. The first-order valence-corrected chi connectivity index (χ1v) is 8.72. The molecular weight excluding hydrogens is 357 g/mol. The predicted octanol–water partition coefficient (Wildman–Crippen LogP) is 4.59. The van der Waals surface area contributed by atoms with E-state index in [2.05, 4.69) is 5.32 Å². The lowest BCUT2D eigenvalue weighted by molar-refractivity contribution is -0.117. The molecule has 0 bridgehead atoms. The second kappa shape index (κ2) is 6.95. The fourth-order valence-electron chi connectivity index (χ4n) is 2.79. The highest BCUT2D eigenvalue weighted by Crippen LogP contribution is 2.27. The first-order chi connectivity index (χ1) is 11.9. The van der Waals surface area contributed by atoms with Crippen LogP contribution in [0, 0.1) is 25.2 Å². The maximum absolute atomic E-state index is 12.1. The molecule has 25 heavy (non-hydrogen) atoms. The van der Waals surface area contributed by atoms with Gasteiger partial charge in [-0.25, -0.2) is 0 Å². The Bertz CT molecular complexity index is 897. The van der Waals surface area contributed by atoms with Crippen molar-refractivity contribution in [3.05, 3.63) is 56.8 Å². The number of nitrogens with one attached hydrogen (secondary N) is 1. The van der Waals surface area contributed by atoms with Gasteiger partial charge < -0.3 is 9.88 Å². The van der Waals surface area contributed by atoms with Crippen LogP contribution in [0.15, 0.2) is 29.8 Å². The molecule has 0 aliphatic heterocycles. The molecular formula is C19H17Cl2N3O. The van der Waals surface area contributed by atoms with Gasteiger partial charge in [-0.05, 0) is 62.6 Å². The van der Waals surface area contributed by atoms with Crippen molar-refractivity contribution < 1.29 is 4.79 Å². The Labute approximate surface area is 156 Å². The van der Waals surface area contributed by atoms with Crippen LogP contribution in [-0.2, 0) is 4.79 Å². The lowest BCUT2D eigenvalue weighted by Crippen LogP contribution is -2.26. The third-order valence-electron chi connectivity index (χ3n) is 4.15. The highest BCUT2D eigenvalue weighted by Gasteiger charge is 2.25. The third kappa shape index (κ3) is 3.89. The average molecular weight is 374 g/mol. The molecule has 0 saturated heterocycles. The molecule has 0 unspecified atom stereocenters. The molecule has 1 aliphatic rings. The predicted molar refractivity (Wildman–Crippen MR) is 100 cm³/mol. The normalized spacial score (nSPS) is 14.3. The molecule has 4 nitrogen and oxygen atoms in total. The molecule has 1 fully saturated rings. The van der Waals surface area contributed by atoms with Gasteiger partial charge in [-0.2, -0.15) is 5.26 Å². The smallest absolute Gasteiger partial charge is 0.262 e. The molecule has 0 atom stereocenters. The topological polar surface area (TPSA) is 57.8 Å². The Hall–Kier alpha value is -2.22. The minimum atomic E-state index is -0.319. The second-order valence-corrected chi connectivity index (χ2v) is 7.08. The van der Waals surface area contributed by atoms with E-state index in [1.54, 1.807) is 12.1 Å². The van der Waals surface area contributed by atoms with E-state index in [4.69, 9.17) is 23.2 Å². The number of nitrogens with zero attached hydrogens (tertiary/aromatic N) is 2. The lowest BCUT2D eigenvalue weighted by atomic mass is 10.1. The van der Waals surface area contributed by atoms with Gasteiger partial charge in [0.2, 0.25) is 0 Å². The van der Waals surface area contributed by atoms with Crippen LogP contribution in [0.3, 0.4) is 0 Å². The van der Waals surface area contributed by atoms with Gasteiger partial charge in [0.05, 0.1) is 0 Å². The average Bonchev–Trinajstić information content (AvgIpc) is 3.29. The molecule has 1 aliphatic carbocycles. The molecule has 1 heterocycles. The summed E-state index contributed by atoms with van der Waals surface area (Å²) in [7, 11) is 0. The zero-order valence-corrected chi connectivity index (χ0v) is 15.4. The van der Waals surface area contributed by atoms with Gasteiger partial charge in [0, 0.05) is 33.2 Å². The van der Waals surface area contributed by atoms with Crippen molar-refractivity contribution in [1.29, 1.82) is 5.26 Å². The number of carbonyl (C=O) groups is 1. The number of aromatic nitrogens is 1. The molecule has 3 rings (SSSR count). The van der Waals surface area contributed by atoms with E-state index in [0.29, 0.717) is 10.0 Å². The summed E-state index contributed by atoms with van der Waals surface area (Å²) in [5.41, 5.74) is 3.63. The third-order valence-corrected chi connectivity index (χ3v) is 4.59. The summed E-state index contributed by atoms with van der Waals surface area (Å²) in [4.78, 5) is 12.1. The first-order valence-electron chi connectivity index (χ1n) is 7.97. The highest BCUT2D eigenvalue weighted by molar-refractivity contribution is 6.34. The monoisotopic (exact) mass is 373 g/mol. The zero-order valence-electron chi connectivity index (χ0n) is 13.9. The Morgan fingerprint density at radius 2 is 1.88 bits per heavy atom. The fraction of sp³-hybridized carbons (Fsp3) is 0.263. The lowest BCUT2D eigenvalue weighted by Gasteiger charge is -2.11. The van der Waals surface area contributed by atoms with Gasteiger partial charge >= 0.3 is 0 Å². The molecule has 2 aromatic rings. The van der Waals surface area contributed by atoms with E-state index in [1.807, 2.05) is 42.7 Å². The summed E-state index contributed by atoms with van der Waals surface area (Å²) in [6.07, 6.45) is 3.59. The van der Waals surface area contributed by atoms with Gasteiger partial charge in [0.25, 0.3) is 5.91 Å². The van der Waals surface area contributed by atoms with Gasteiger partial charge in [0.1, 0.15) is 11.6 Å². The van der Waals surface area contributed by atoms with Crippen LogP contribution in [0.2, 0.25) is 10.0 Å². The largest absolute Gasteiger partial charge is 0.349 e. The summed E-state index contributed by atoms with van der Waals surface area (Å²) in [5.74, 6) is -0.319. The van der Waals surface area contributed by atoms with E-state index in [-0.39, 0.29) is 17.5 Å². The van der Waals surface area contributed by atoms with E-state index in [1.165, 1.54) is 0 Å². The van der Waals surface area contributed by atoms with Crippen molar-refractivity contribution in [3.63, 3.8) is 0 Å². The molecule has 6 heteroatoms. The maximum atomic E-state index is 12.1. The van der Waals surface area contributed by atoms with Crippen molar-refractivity contribution in [2.24, 2.45) is 0 Å². The van der Waals surface area contributed by atoms with Crippen LogP contribution >= 0.6 is 23.2 Å². The van der Waals surface area contributed by atoms with Crippen LogP contribution in [0.25, 0.3) is 11.8 Å². The Morgan fingerprint density at radius 3 is 2.44 bits per heavy atom. The van der Waals surface area contributed by atoms with E-state index in [0.717, 1.165) is 35.5 Å². The Balaban J connectivity index is 2.00. The molecule has 1 N–H and O–H groups in total. The molecule has 1 aromatic carbocycles. The van der Waals surface area contributed by atoms with Crippen LogP contribution in [0.4, 0.5) is 0 Å². The molecule has 0 radical (unpaired) electrons. The highest BCUT2D eigenvalue weighted by atomic mass is 35.5. The number of carbonyl (C=O) groups excluding carboxylic acids is 1. The fourth-order valence-corrected chi connectivity index (χ4v) is 3.31. The number of benzene rings is 1. The number of nitriles is 1. The minimum absolute atomic E-state index is 0.108. The molecule has 1 amide bonds. The first kappa shape index (κ1) is 17.6. The van der Waals surface area contributed by atoms with Crippen molar-refractivity contribution in [3.8, 4) is 11.8 Å². The van der Waals surface area contributed by atoms with Crippen LogP contribution in [0.1, 0.15) is 29.8 Å². The number of aryl methyl sites for hydroxylation is 1. The summed E-state index contributed by atoms with van der Waals surface area (Å²) < 4.78 is 2.00. The van der Waals surface area contributed by atoms with Gasteiger partial charge in [-0.15, -0.1) is 0 Å². The van der Waals surface area contributed by atoms with Gasteiger partial charge in [-0.3, -0.25) is 4.79 Å². The maximum Gasteiger partial charge on any atom is 0.262 e. The van der Waals surface area contributed by atoms with Crippen LogP contribution in [0.5, 0.6) is 0 Å². The summed E-state index contributed by atoms with van der Waals surface area (Å²) in [6.45, 7) is 3.89. The Kier molecular flexibility index (Phi) is 4.89. The van der Waals surface area contributed by atoms with Crippen molar-refractivity contribution in [2.45, 2.75) is 32.7 Å². The number of halogens is 2. The minimum Gasteiger partial charge on any atom is -0.349 e. The summed E-state index contributed by atoms with van der Waals surface area (Å²) in [6, 6.07) is 9.47. The number of hydrogen-bond donors (Lipinski definition) is 1.